The van der Waals surface area contributed by atoms with Gasteiger partial charge < -0.3 is 20.9 Å². The fraction of sp³-hybridized carbons (Fsp3) is 0.538. The summed E-state index contributed by atoms with van der Waals surface area (Å²) in [5.74, 6) is 0.590. The summed E-state index contributed by atoms with van der Waals surface area (Å²) < 4.78 is 0. The van der Waals surface area contributed by atoms with Crippen molar-refractivity contribution in [3.8, 4) is 0 Å². The van der Waals surface area contributed by atoms with Crippen LogP contribution in [0.1, 0.15) is 24.1 Å². The topological polar surface area (TPSA) is 95.0 Å². The van der Waals surface area contributed by atoms with E-state index >= 15 is 0 Å². The van der Waals surface area contributed by atoms with Crippen LogP contribution in [0.25, 0.3) is 0 Å². The van der Waals surface area contributed by atoms with E-state index in [1.807, 2.05) is 19.2 Å². The van der Waals surface area contributed by atoms with E-state index in [1.54, 1.807) is 6.20 Å². The van der Waals surface area contributed by atoms with Crippen molar-refractivity contribution >= 4 is 5.84 Å². The molecule has 1 aromatic heterocycles. The number of pyridine rings is 1. The molecule has 1 heterocycles. The van der Waals surface area contributed by atoms with Gasteiger partial charge in [-0.05, 0) is 37.4 Å². The summed E-state index contributed by atoms with van der Waals surface area (Å²) in [5, 5.41) is 21.0. The molecular formula is C13H20N4O2. The van der Waals surface area contributed by atoms with Gasteiger partial charge in [0, 0.05) is 19.3 Å². The van der Waals surface area contributed by atoms with Crippen LogP contribution in [-0.4, -0.2) is 45.7 Å². The molecule has 1 aromatic rings. The number of hydrogen-bond donors (Lipinski definition) is 3. The zero-order valence-corrected chi connectivity index (χ0v) is 11.0. The number of oxime groups is 1. The second kappa shape index (κ2) is 5.99. The van der Waals surface area contributed by atoms with E-state index in [-0.39, 0.29) is 11.9 Å². The Balaban J connectivity index is 1.98. The standard InChI is InChI=1S/C13H20N4O2/c1-17(7-9-5-11(18)6-9)8-10-3-2-4-15-12(10)13(14)16-19/h2-4,9,11,18-19H,5-8H2,1H3,(H2,14,16). The first kappa shape index (κ1) is 13.8. The number of amidine groups is 1. The predicted molar refractivity (Wildman–Crippen MR) is 71.8 cm³/mol. The number of aliphatic hydroxyl groups excluding tert-OH is 1. The van der Waals surface area contributed by atoms with Crippen LogP contribution in [0.4, 0.5) is 0 Å². The van der Waals surface area contributed by atoms with Gasteiger partial charge >= 0.3 is 0 Å². The highest BCUT2D eigenvalue weighted by Crippen LogP contribution is 2.27. The second-order valence-corrected chi connectivity index (χ2v) is 5.18. The fourth-order valence-corrected chi connectivity index (χ4v) is 2.49. The molecule has 4 N–H and O–H groups in total. The number of aromatic nitrogens is 1. The molecular weight excluding hydrogens is 244 g/mol. The molecule has 0 aromatic carbocycles. The van der Waals surface area contributed by atoms with Gasteiger partial charge in [-0.1, -0.05) is 11.2 Å². The van der Waals surface area contributed by atoms with Crippen molar-refractivity contribution in [3.05, 3.63) is 29.6 Å². The average molecular weight is 264 g/mol. The Hall–Kier alpha value is -1.66. The lowest BCUT2D eigenvalue weighted by molar-refractivity contribution is 0.0273. The molecule has 1 fully saturated rings. The number of aliphatic hydroxyl groups is 1. The summed E-state index contributed by atoms with van der Waals surface area (Å²) in [5.41, 5.74) is 7.06. The number of rotatable bonds is 5. The third kappa shape index (κ3) is 3.42. The van der Waals surface area contributed by atoms with Crippen molar-refractivity contribution < 1.29 is 10.3 Å². The van der Waals surface area contributed by atoms with E-state index in [0.29, 0.717) is 18.2 Å². The molecule has 6 nitrogen and oxygen atoms in total. The fourth-order valence-electron chi connectivity index (χ4n) is 2.49. The second-order valence-electron chi connectivity index (χ2n) is 5.18. The minimum Gasteiger partial charge on any atom is -0.409 e. The Bertz CT molecular complexity index is 458. The molecule has 1 saturated carbocycles. The highest BCUT2D eigenvalue weighted by atomic mass is 16.4. The zero-order valence-electron chi connectivity index (χ0n) is 11.0. The maximum atomic E-state index is 9.28. The quantitative estimate of drug-likeness (QED) is 0.309. The van der Waals surface area contributed by atoms with Crippen molar-refractivity contribution in [2.45, 2.75) is 25.5 Å². The van der Waals surface area contributed by atoms with E-state index in [0.717, 1.165) is 24.9 Å². The van der Waals surface area contributed by atoms with Gasteiger partial charge in [-0.3, -0.25) is 4.98 Å². The molecule has 0 bridgehead atoms. The number of nitrogens with zero attached hydrogens (tertiary/aromatic N) is 3. The van der Waals surface area contributed by atoms with Gasteiger partial charge in [0.2, 0.25) is 0 Å². The summed E-state index contributed by atoms with van der Waals surface area (Å²) in [6.07, 6.45) is 3.26. The third-order valence-electron chi connectivity index (χ3n) is 3.46. The predicted octanol–water partition coefficient (Wildman–Crippen LogP) is 0.379. The van der Waals surface area contributed by atoms with Crippen LogP contribution in [0.2, 0.25) is 0 Å². The molecule has 0 amide bonds. The van der Waals surface area contributed by atoms with Gasteiger partial charge in [0.05, 0.1) is 6.10 Å². The van der Waals surface area contributed by atoms with Crippen LogP contribution in [0, 0.1) is 5.92 Å². The van der Waals surface area contributed by atoms with Crippen LogP contribution in [0.15, 0.2) is 23.5 Å². The molecule has 1 aliphatic carbocycles. The van der Waals surface area contributed by atoms with E-state index in [2.05, 4.69) is 15.0 Å². The Morgan fingerprint density at radius 3 is 2.95 bits per heavy atom. The molecule has 0 spiro atoms. The van der Waals surface area contributed by atoms with E-state index < -0.39 is 0 Å². The largest absolute Gasteiger partial charge is 0.409 e. The molecule has 0 saturated heterocycles. The van der Waals surface area contributed by atoms with E-state index in [9.17, 15) is 5.11 Å². The van der Waals surface area contributed by atoms with Crippen molar-refractivity contribution in [1.29, 1.82) is 0 Å². The SMILES string of the molecule is CN(Cc1cccnc1C(N)=NO)CC1CC(O)C1. The molecule has 1 aliphatic rings. The molecule has 0 unspecified atom stereocenters. The highest BCUT2D eigenvalue weighted by molar-refractivity contribution is 5.96. The molecule has 0 aliphatic heterocycles. The third-order valence-corrected chi connectivity index (χ3v) is 3.46. The first-order valence-corrected chi connectivity index (χ1v) is 6.38. The molecule has 19 heavy (non-hydrogen) atoms. The Morgan fingerprint density at radius 2 is 2.32 bits per heavy atom. The van der Waals surface area contributed by atoms with Crippen LogP contribution < -0.4 is 5.73 Å². The van der Waals surface area contributed by atoms with Gasteiger partial charge in [-0.2, -0.15) is 0 Å². The Labute approximate surface area is 112 Å². The van der Waals surface area contributed by atoms with Gasteiger partial charge in [0.15, 0.2) is 5.84 Å². The maximum Gasteiger partial charge on any atom is 0.189 e. The Morgan fingerprint density at radius 1 is 1.58 bits per heavy atom. The summed E-state index contributed by atoms with van der Waals surface area (Å²) >= 11 is 0. The minimum atomic E-state index is -0.121. The lowest BCUT2D eigenvalue weighted by Gasteiger charge is -2.34. The van der Waals surface area contributed by atoms with Crippen LogP contribution in [0.3, 0.4) is 0 Å². The zero-order chi connectivity index (χ0) is 13.8. The summed E-state index contributed by atoms with van der Waals surface area (Å²) in [6, 6.07) is 3.76. The lowest BCUT2D eigenvalue weighted by atomic mass is 9.82. The maximum absolute atomic E-state index is 9.28. The van der Waals surface area contributed by atoms with Crippen LogP contribution >= 0.6 is 0 Å². The van der Waals surface area contributed by atoms with Crippen LogP contribution in [-0.2, 0) is 6.54 Å². The number of nitrogens with two attached hydrogens (primary N) is 1. The van der Waals surface area contributed by atoms with Gasteiger partial charge in [-0.15, -0.1) is 0 Å². The average Bonchev–Trinajstić information content (AvgIpc) is 2.36. The van der Waals surface area contributed by atoms with Crippen molar-refractivity contribution in [2.75, 3.05) is 13.6 Å². The first-order chi connectivity index (χ1) is 9.10. The van der Waals surface area contributed by atoms with E-state index in [4.69, 9.17) is 10.9 Å². The molecule has 2 rings (SSSR count). The molecule has 104 valence electrons. The normalized spacial score (nSPS) is 23.4. The van der Waals surface area contributed by atoms with Gasteiger partial charge in [0.25, 0.3) is 0 Å². The number of hydrogen-bond acceptors (Lipinski definition) is 5. The van der Waals surface area contributed by atoms with Crippen molar-refractivity contribution in [1.82, 2.24) is 9.88 Å². The van der Waals surface area contributed by atoms with Gasteiger partial charge in [0.1, 0.15) is 5.69 Å². The lowest BCUT2D eigenvalue weighted by Crippen LogP contribution is -2.37. The Kier molecular flexibility index (Phi) is 4.34. The smallest absolute Gasteiger partial charge is 0.189 e. The van der Waals surface area contributed by atoms with Gasteiger partial charge in [-0.25, -0.2) is 0 Å². The molecule has 0 atom stereocenters. The monoisotopic (exact) mass is 264 g/mol. The summed E-state index contributed by atoms with van der Waals surface area (Å²) in [7, 11) is 2.02. The van der Waals surface area contributed by atoms with Crippen LogP contribution in [0.5, 0.6) is 0 Å². The van der Waals surface area contributed by atoms with Crippen molar-refractivity contribution in [3.63, 3.8) is 0 Å². The molecule has 0 radical (unpaired) electrons. The first-order valence-electron chi connectivity index (χ1n) is 6.38. The summed E-state index contributed by atoms with van der Waals surface area (Å²) in [6.45, 7) is 1.62. The van der Waals surface area contributed by atoms with E-state index in [1.165, 1.54) is 0 Å². The summed E-state index contributed by atoms with van der Waals surface area (Å²) in [4.78, 5) is 6.31. The highest BCUT2D eigenvalue weighted by Gasteiger charge is 2.28. The van der Waals surface area contributed by atoms with Crippen molar-refractivity contribution in [2.24, 2.45) is 16.8 Å². The molecule has 6 heteroatoms. The minimum absolute atomic E-state index is 0.0306.